The van der Waals surface area contributed by atoms with Crippen LogP contribution in [0.5, 0.6) is 0 Å². The van der Waals surface area contributed by atoms with E-state index in [2.05, 4.69) is 10.3 Å². The predicted octanol–water partition coefficient (Wildman–Crippen LogP) is 3.15. The van der Waals surface area contributed by atoms with Crippen LogP contribution in [-0.2, 0) is 0 Å². The summed E-state index contributed by atoms with van der Waals surface area (Å²) in [5.41, 5.74) is 0.378. The topological polar surface area (TPSA) is 105 Å². The van der Waals surface area contributed by atoms with Crippen molar-refractivity contribution in [2.45, 2.75) is 0 Å². The van der Waals surface area contributed by atoms with Crippen LogP contribution >= 0.6 is 22.9 Å². The fourth-order valence-corrected chi connectivity index (χ4v) is 2.15. The van der Waals surface area contributed by atoms with Gasteiger partial charge in [0.25, 0.3) is 0 Å². The molecule has 1 heterocycles. The van der Waals surface area contributed by atoms with Crippen molar-refractivity contribution >= 4 is 44.7 Å². The Bertz CT molecular complexity index is 658. The molecule has 0 fully saturated rings. The molecule has 98 valence electrons. The van der Waals surface area contributed by atoms with E-state index in [9.17, 15) is 14.9 Å². The standard InChI is InChI=1S/C10H6ClN3O4S/c11-7-2-1-5(3-6(7)9(15)16)13-10-12-4-8(19-10)14(17)18/h1-4H,(H,12,13)(H,15,16). The highest BCUT2D eigenvalue weighted by atomic mass is 35.5. The van der Waals surface area contributed by atoms with Crippen molar-refractivity contribution in [3.63, 3.8) is 0 Å². The van der Waals surface area contributed by atoms with Gasteiger partial charge in [-0.15, -0.1) is 0 Å². The van der Waals surface area contributed by atoms with E-state index in [1.165, 1.54) is 12.1 Å². The Morgan fingerprint density at radius 1 is 1.53 bits per heavy atom. The summed E-state index contributed by atoms with van der Waals surface area (Å²) >= 11 is 6.58. The molecule has 0 unspecified atom stereocenters. The van der Waals surface area contributed by atoms with Crippen LogP contribution in [0.3, 0.4) is 0 Å². The van der Waals surface area contributed by atoms with E-state index >= 15 is 0 Å². The number of nitro groups is 1. The number of benzene rings is 1. The molecule has 0 aliphatic carbocycles. The number of aromatic carboxylic acids is 1. The number of aromatic nitrogens is 1. The molecule has 0 aliphatic rings. The van der Waals surface area contributed by atoms with Gasteiger partial charge in [0.1, 0.15) is 6.20 Å². The molecule has 0 atom stereocenters. The van der Waals surface area contributed by atoms with Crippen molar-refractivity contribution in [2.75, 3.05) is 5.32 Å². The van der Waals surface area contributed by atoms with E-state index in [1.807, 2.05) is 0 Å². The molecule has 2 aromatic rings. The van der Waals surface area contributed by atoms with E-state index in [1.54, 1.807) is 6.07 Å². The van der Waals surface area contributed by atoms with Crippen LogP contribution in [0.15, 0.2) is 24.4 Å². The highest BCUT2D eigenvalue weighted by molar-refractivity contribution is 7.18. The van der Waals surface area contributed by atoms with Crippen molar-refractivity contribution in [2.24, 2.45) is 0 Å². The van der Waals surface area contributed by atoms with E-state index in [4.69, 9.17) is 16.7 Å². The minimum atomic E-state index is -1.15. The Morgan fingerprint density at radius 2 is 2.26 bits per heavy atom. The molecule has 0 aliphatic heterocycles. The summed E-state index contributed by atoms with van der Waals surface area (Å²) in [5.74, 6) is -1.15. The lowest BCUT2D eigenvalue weighted by Crippen LogP contribution is -1.99. The van der Waals surface area contributed by atoms with Crippen molar-refractivity contribution in [3.05, 3.63) is 45.1 Å². The van der Waals surface area contributed by atoms with Gasteiger partial charge in [0.15, 0.2) is 5.13 Å². The maximum atomic E-state index is 10.9. The van der Waals surface area contributed by atoms with Gasteiger partial charge in [-0.1, -0.05) is 11.6 Å². The third-order valence-electron chi connectivity index (χ3n) is 2.12. The Kier molecular flexibility index (Phi) is 3.63. The monoisotopic (exact) mass is 299 g/mol. The SMILES string of the molecule is O=C(O)c1cc(Nc2ncc([N+](=O)[O-])s2)ccc1Cl. The number of nitrogens with one attached hydrogen (secondary N) is 1. The smallest absolute Gasteiger partial charge is 0.345 e. The van der Waals surface area contributed by atoms with Gasteiger partial charge in [0.05, 0.1) is 15.5 Å². The maximum Gasteiger partial charge on any atom is 0.345 e. The molecular formula is C10H6ClN3O4S. The molecule has 19 heavy (non-hydrogen) atoms. The van der Waals surface area contributed by atoms with Crippen LogP contribution in [0.2, 0.25) is 5.02 Å². The molecule has 9 heteroatoms. The Labute approximate surface area is 115 Å². The first kappa shape index (κ1) is 13.2. The number of thiazole rings is 1. The fraction of sp³-hybridized carbons (Fsp3) is 0. The molecule has 0 saturated carbocycles. The van der Waals surface area contributed by atoms with Crippen LogP contribution in [0.25, 0.3) is 0 Å². The molecular weight excluding hydrogens is 294 g/mol. The van der Waals surface area contributed by atoms with Crippen molar-refractivity contribution in [1.82, 2.24) is 4.98 Å². The molecule has 1 aromatic carbocycles. The molecule has 2 N–H and O–H groups in total. The van der Waals surface area contributed by atoms with Crippen LogP contribution < -0.4 is 5.32 Å². The van der Waals surface area contributed by atoms with Gasteiger partial charge in [-0.25, -0.2) is 9.78 Å². The molecule has 0 amide bonds. The van der Waals surface area contributed by atoms with Crippen LogP contribution in [0.4, 0.5) is 15.8 Å². The van der Waals surface area contributed by atoms with Crippen molar-refractivity contribution in [3.8, 4) is 0 Å². The number of rotatable bonds is 4. The number of hydrogen-bond donors (Lipinski definition) is 2. The molecule has 1 aromatic heterocycles. The largest absolute Gasteiger partial charge is 0.478 e. The number of anilines is 2. The normalized spacial score (nSPS) is 10.2. The zero-order chi connectivity index (χ0) is 14.0. The Hall–Kier alpha value is -2.19. The molecule has 0 radical (unpaired) electrons. The number of carboxylic acids is 1. The quantitative estimate of drug-likeness (QED) is 0.663. The van der Waals surface area contributed by atoms with E-state index < -0.39 is 10.9 Å². The first-order chi connectivity index (χ1) is 8.97. The summed E-state index contributed by atoms with van der Waals surface area (Å²) < 4.78 is 0. The second kappa shape index (κ2) is 5.21. The highest BCUT2D eigenvalue weighted by Gasteiger charge is 2.13. The van der Waals surface area contributed by atoms with Gasteiger partial charge in [0.2, 0.25) is 0 Å². The average molecular weight is 300 g/mol. The number of carbonyl (C=O) groups is 1. The molecule has 0 bridgehead atoms. The third kappa shape index (κ3) is 2.98. The van der Waals surface area contributed by atoms with E-state index in [0.29, 0.717) is 10.8 Å². The minimum Gasteiger partial charge on any atom is -0.478 e. The zero-order valence-electron chi connectivity index (χ0n) is 9.16. The second-order valence-corrected chi connectivity index (χ2v) is 4.80. The molecule has 2 rings (SSSR count). The first-order valence-corrected chi connectivity index (χ1v) is 6.07. The van der Waals surface area contributed by atoms with Gasteiger partial charge in [0, 0.05) is 5.69 Å². The minimum absolute atomic E-state index is 0.0577. The van der Waals surface area contributed by atoms with Gasteiger partial charge >= 0.3 is 11.0 Å². The lowest BCUT2D eigenvalue weighted by atomic mass is 10.2. The molecule has 0 spiro atoms. The first-order valence-electron chi connectivity index (χ1n) is 4.87. The van der Waals surface area contributed by atoms with Gasteiger partial charge in [-0.2, -0.15) is 0 Å². The lowest BCUT2D eigenvalue weighted by molar-refractivity contribution is -0.380. The average Bonchev–Trinajstić information content (AvgIpc) is 2.80. The zero-order valence-corrected chi connectivity index (χ0v) is 10.7. The second-order valence-electron chi connectivity index (χ2n) is 3.39. The highest BCUT2D eigenvalue weighted by Crippen LogP contribution is 2.29. The summed E-state index contributed by atoms with van der Waals surface area (Å²) in [4.78, 5) is 24.7. The predicted molar refractivity (Wildman–Crippen MR) is 70.5 cm³/mol. The van der Waals surface area contributed by atoms with Crippen LogP contribution in [0.1, 0.15) is 10.4 Å². The molecule has 7 nitrogen and oxygen atoms in total. The van der Waals surface area contributed by atoms with Crippen LogP contribution in [-0.4, -0.2) is 21.0 Å². The lowest BCUT2D eigenvalue weighted by Gasteiger charge is -2.04. The van der Waals surface area contributed by atoms with Crippen LogP contribution in [0, 0.1) is 10.1 Å². The van der Waals surface area contributed by atoms with E-state index in [-0.39, 0.29) is 15.6 Å². The van der Waals surface area contributed by atoms with Gasteiger partial charge in [-0.05, 0) is 29.5 Å². The summed E-state index contributed by atoms with van der Waals surface area (Å²) in [6, 6.07) is 4.31. The summed E-state index contributed by atoms with van der Waals surface area (Å²) in [6.45, 7) is 0. The number of hydrogen-bond acceptors (Lipinski definition) is 6. The van der Waals surface area contributed by atoms with Gasteiger partial charge < -0.3 is 10.4 Å². The summed E-state index contributed by atoms with van der Waals surface area (Å²) in [5, 5.41) is 22.5. The number of carboxylic acid groups (broad SMARTS) is 1. The maximum absolute atomic E-state index is 10.9. The number of halogens is 1. The Balaban J connectivity index is 2.25. The third-order valence-corrected chi connectivity index (χ3v) is 3.32. The Morgan fingerprint density at radius 3 is 2.84 bits per heavy atom. The molecule has 0 saturated heterocycles. The summed E-state index contributed by atoms with van der Waals surface area (Å²) in [7, 11) is 0. The summed E-state index contributed by atoms with van der Waals surface area (Å²) in [6.07, 6.45) is 1.13. The van der Waals surface area contributed by atoms with Crippen molar-refractivity contribution < 1.29 is 14.8 Å². The van der Waals surface area contributed by atoms with E-state index in [0.717, 1.165) is 17.5 Å². The fourth-order valence-electron chi connectivity index (χ4n) is 1.30. The van der Waals surface area contributed by atoms with Crippen molar-refractivity contribution in [1.29, 1.82) is 0 Å². The number of nitrogens with zero attached hydrogens (tertiary/aromatic N) is 2. The van der Waals surface area contributed by atoms with Gasteiger partial charge in [-0.3, -0.25) is 10.1 Å².